The van der Waals surface area contributed by atoms with Crippen molar-refractivity contribution in [3.8, 4) is 6.07 Å². The van der Waals surface area contributed by atoms with Crippen molar-refractivity contribution in [2.75, 3.05) is 18.0 Å². The molecule has 5 nitrogen and oxygen atoms in total. The number of fused-ring (bicyclic) bond motifs is 3. The van der Waals surface area contributed by atoms with Crippen LogP contribution in [0.4, 0.5) is 10.3 Å². The zero-order valence-corrected chi connectivity index (χ0v) is 15.1. The largest absolute Gasteiger partial charge is 0.339 e. The van der Waals surface area contributed by atoms with Crippen LogP contribution in [0.25, 0.3) is 11.0 Å². The summed E-state index contributed by atoms with van der Waals surface area (Å²) in [6.45, 7) is 2.42. The van der Waals surface area contributed by atoms with Crippen molar-refractivity contribution in [2.45, 2.75) is 25.0 Å². The molecule has 3 aliphatic heterocycles. The van der Waals surface area contributed by atoms with Crippen LogP contribution in [0.3, 0.4) is 0 Å². The van der Waals surface area contributed by atoms with E-state index in [0.717, 1.165) is 36.5 Å². The predicted octanol–water partition coefficient (Wildman–Crippen LogP) is 3.05. The average molecular weight is 361 g/mol. The van der Waals surface area contributed by atoms with E-state index in [9.17, 15) is 4.39 Å². The Labute approximate surface area is 157 Å². The molecule has 0 aliphatic carbocycles. The number of hydrogen-bond donors (Lipinski definition) is 0. The fourth-order valence-electron chi connectivity index (χ4n) is 4.47. The molecule has 3 saturated heterocycles. The van der Waals surface area contributed by atoms with E-state index < -0.39 is 0 Å². The highest BCUT2D eigenvalue weighted by molar-refractivity contribution is 5.78. The van der Waals surface area contributed by atoms with Gasteiger partial charge in [0, 0.05) is 44.3 Å². The minimum absolute atomic E-state index is 0.286. The molecule has 0 amide bonds. The lowest BCUT2D eigenvalue weighted by Crippen LogP contribution is -2.68. The lowest BCUT2D eigenvalue weighted by atomic mass is 9.87. The van der Waals surface area contributed by atoms with Gasteiger partial charge in [-0.2, -0.15) is 5.26 Å². The second-order valence-corrected chi connectivity index (χ2v) is 7.50. The predicted molar refractivity (Wildman–Crippen MR) is 102 cm³/mol. The Balaban J connectivity index is 1.33. The fourth-order valence-corrected chi connectivity index (χ4v) is 4.47. The van der Waals surface area contributed by atoms with Gasteiger partial charge in [-0.3, -0.25) is 4.90 Å². The third-order valence-corrected chi connectivity index (χ3v) is 5.93. The molecule has 6 rings (SSSR count). The quantitative estimate of drug-likeness (QED) is 0.719. The molecule has 27 heavy (non-hydrogen) atoms. The number of para-hydroxylation sites is 2. The van der Waals surface area contributed by atoms with Gasteiger partial charge in [-0.25, -0.2) is 9.37 Å². The van der Waals surface area contributed by atoms with E-state index in [4.69, 9.17) is 10.2 Å². The minimum Gasteiger partial charge on any atom is -0.339 e. The number of halogens is 1. The molecule has 136 valence electrons. The number of nitrogens with zero attached hydrogens (tertiary/aromatic N) is 5. The van der Waals surface area contributed by atoms with E-state index in [0.29, 0.717) is 29.8 Å². The topological polar surface area (TPSA) is 48.1 Å². The van der Waals surface area contributed by atoms with E-state index in [1.807, 2.05) is 24.3 Å². The first-order chi connectivity index (χ1) is 13.1. The van der Waals surface area contributed by atoms with Crippen LogP contribution in [0.15, 0.2) is 42.5 Å². The van der Waals surface area contributed by atoms with Gasteiger partial charge in [0.2, 0.25) is 5.95 Å². The lowest BCUT2D eigenvalue weighted by Gasteiger charge is -2.56. The van der Waals surface area contributed by atoms with Gasteiger partial charge in [-0.15, -0.1) is 0 Å². The number of imidazole rings is 1. The number of nitriles is 1. The van der Waals surface area contributed by atoms with Crippen molar-refractivity contribution in [2.24, 2.45) is 7.05 Å². The third kappa shape index (κ3) is 2.58. The van der Waals surface area contributed by atoms with Crippen molar-refractivity contribution in [1.82, 2.24) is 14.5 Å². The number of hydrogen-bond acceptors (Lipinski definition) is 4. The number of piperidine rings is 1. The molecule has 2 bridgehead atoms. The highest BCUT2D eigenvalue weighted by Crippen LogP contribution is 2.36. The standard InChI is InChI=1S/C21H20FN5/c1-25-20-5-3-2-4-19(20)24-21(25)26-12-16-9-17(13-26)27(16)11-15-7-6-14(10-23)8-18(15)22/h2-8,16-17H,9,11-13H2,1H3. The molecule has 0 radical (unpaired) electrons. The van der Waals surface area contributed by atoms with Crippen LogP contribution in [0.1, 0.15) is 17.5 Å². The Morgan fingerprint density at radius 3 is 2.67 bits per heavy atom. The Hall–Kier alpha value is -2.91. The minimum atomic E-state index is -0.286. The van der Waals surface area contributed by atoms with Gasteiger partial charge in [0.25, 0.3) is 0 Å². The molecule has 0 saturated carbocycles. The first-order valence-electron chi connectivity index (χ1n) is 9.24. The molecule has 0 N–H and O–H groups in total. The summed E-state index contributed by atoms with van der Waals surface area (Å²) in [7, 11) is 2.06. The van der Waals surface area contributed by atoms with Gasteiger partial charge in [0.05, 0.1) is 22.7 Å². The zero-order valence-electron chi connectivity index (χ0n) is 15.1. The number of piperazine rings is 1. The van der Waals surface area contributed by atoms with Gasteiger partial charge in [0.15, 0.2) is 0 Å². The highest BCUT2D eigenvalue weighted by atomic mass is 19.1. The Morgan fingerprint density at radius 1 is 1.19 bits per heavy atom. The lowest BCUT2D eigenvalue weighted by molar-refractivity contribution is -0.00985. The normalized spacial score (nSPS) is 21.9. The second-order valence-electron chi connectivity index (χ2n) is 7.50. The fraction of sp³-hybridized carbons (Fsp3) is 0.333. The zero-order chi connectivity index (χ0) is 18.5. The number of rotatable bonds is 3. The number of aromatic nitrogens is 2. The van der Waals surface area contributed by atoms with Crippen LogP contribution >= 0.6 is 0 Å². The molecule has 2 atom stereocenters. The third-order valence-electron chi connectivity index (χ3n) is 5.93. The van der Waals surface area contributed by atoms with E-state index >= 15 is 0 Å². The smallest absolute Gasteiger partial charge is 0.206 e. The van der Waals surface area contributed by atoms with E-state index in [2.05, 4.69) is 27.5 Å². The van der Waals surface area contributed by atoms with Crippen molar-refractivity contribution in [3.05, 3.63) is 59.4 Å². The summed E-state index contributed by atoms with van der Waals surface area (Å²) in [5.41, 5.74) is 3.20. The van der Waals surface area contributed by atoms with E-state index in [1.54, 1.807) is 12.1 Å². The van der Waals surface area contributed by atoms with E-state index in [1.165, 1.54) is 6.07 Å². The Morgan fingerprint density at radius 2 is 1.96 bits per heavy atom. The molecule has 2 unspecified atom stereocenters. The van der Waals surface area contributed by atoms with Crippen LogP contribution < -0.4 is 4.90 Å². The molecule has 2 aromatic carbocycles. The summed E-state index contributed by atoms with van der Waals surface area (Å²) in [6.07, 6.45) is 1.15. The van der Waals surface area contributed by atoms with Gasteiger partial charge in [0.1, 0.15) is 5.82 Å². The van der Waals surface area contributed by atoms with Crippen LogP contribution in [-0.2, 0) is 13.6 Å². The molecule has 6 heteroatoms. The number of anilines is 1. The summed E-state index contributed by atoms with van der Waals surface area (Å²) in [5, 5.41) is 8.90. The second kappa shape index (κ2) is 6.07. The first kappa shape index (κ1) is 16.3. The monoisotopic (exact) mass is 361 g/mol. The number of benzene rings is 2. The maximum Gasteiger partial charge on any atom is 0.206 e. The number of aryl methyl sites for hydroxylation is 1. The highest BCUT2D eigenvalue weighted by Gasteiger charge is 2.45. The molecular formula is C21H20FN5. The van der Waals surface area contributed by atoms with Gasteiger partial charge >= 0.3 is 0 Å². The van der Waals surface area contributed by atoms with Crippen molar-refractivity contribution in [3.63, 3.8) is 0 Å². The van der Waals surface area contributed by atoms with Crippen molar-refractivity contribution in [1.29, 1.82) is 5.26 Å². The summed E-state index contributed by atoms with van der Waals surface area (Å²) in [6, 6.07) is 15.8. The molecule has 1 aromatic heterocycles. The van der Waals surface area contributed by atoms with Gasteiger partial charge < -0.3 is 9.47 Å². The molecule has 0 spiro atoms. The summed E-state index contributed by atoms with van der Waals surface area (Å²) in [4.78, 5) is 9.54. The summed E-state index contributed by atoms with van der Waals surface area (Å²) < 4.78 is 16.4. The van der Waals surface area contributed by atoms with Gasteiger partial charge in [-0.1, -0.05) is 18.2 Å². The van der Waals surface area contributed by atoms with Crippen LogP contribution in [0.5, 0.6) is 0 Å². The maximum absolute atomic E-state index is 14.2. The molecule has 3 aromatic rings. The van der Waals surface area contributed by atoms with Crippen molar-refractivity contribution < 1.29 is 4.39 Å². The van der Waals surface area contributed by atoms with Crippen LogP contribution in [-0.4, -0.2) is 39.6 Å². The molecular weight excluding hydrogens is 341 g/mol. The van der Waals surface area contributed by atoms with Crippen LogP contribution in [0, 0.1) is 17.1 Å². The Kier molecular flexibility index (Phi) is 3.66. The average Bonchev–Trinajstić information content (AvgIpc) is 3.04. The first-order valence-corrected chi connectivity index (χ1v) is 9.24. The maximum atomic E-state index is 14.2. The summed E-state index contributed by atoms with van der Waals surface area (Å²) in [5.74, 6) is 0.723. The van der Waals surface area contributed by atoms with Crippen molar-refractivity contribution >= 4 is 17.0 Å². The molecule has 4 heterocycles. The molecule has 3 fully saturated rings. The summed E-state index contributed by atoms with van der Waals surface area (Å²) >= 11 is 0. The van der Waals surface area contributed by atoms with E-state index in [-0.39, 0.29) is 5.82 Å². The van der Waals surface area contributed by atoms with Gasteiger partial charge in [-0.05, 0) is 30.7 Å². The van der Waals surface area contributed by atoms with Crippen LogP contribution in [0.2, 0.25) is 0 Å². The molecule has 3 aliphatic rings. The Bertz CT molecular complexity index is 1050. The SMILES string of the molecule is Cn1c(N2CC3CC(C2)N3Cc2ccc(C#N)cc2F)nc2ccccc21.